The Bertz CT molecular complexity index is 290. The lowest BCUT2D eigenvalue weighted by Crippen LogP contribution is -2.50. The van der Waals surface area contributed by atoms with Gasteiger partial charge in [-0.1, -0.05) is 13.8 Å². The maximum Gasteiger partial charge on any atom is 0.236 e. The van der Waals surface area contributed by atoms with Crippen LogP contribution in [0.4, 0.5) is 0 Å². The van der Waals surface area contributed by atoms with Gasteiger partial charge in [-0.2, -0.15) is 0 Å². The zero-order valence-corrected chi connectivity index (χ0v) is 13.0. The fourth-order valence-corrected chi connectivity index (χ4v) is 3.39. The fourth-order valence-electron chi connectivity index (χ4n) is 3.39. The molecule has 3 atom stereocenters. The number of carbonyl (C=O) groups excluding carboxylic acids is 1. The van der Waals surface area contributed by atoms with Crippen LogP contribution in [0, 0.1) is 11.8 Å². The van der Waals surface area contributed by atoms with Crippen molar-refractivity contribution in [2.45, 2.75) is 39.2 Å². The first-order valence-electron chi connectivity index (χ1n) is 7.30. The van der Waals surface area contributed by atoms with Gasteiger partial charge in [0.25, 0.3) is 0 Å². The Balaban J connectivity index is 0.00000180. The van der Waals surface area contributed by atoms with Crippen LogP contribution in [-0.2, 0) is 4.79 Å². The van der Waals surface area contributed by atoms with Crippen LogP contribution in [0.2, 0.25) is 0 Å². The third-order valence-electron chi connectivity index (χ3n) is 4.12. The van der Waals surface area contributed by atoms with Gasteiger partial charge in [0.05, 0.1) is 6.54 Å². The number of nitrogens with two attached hydrogens (primary N) is 1. The molecule has 0 bridgehead atoms. The van der Waals surface area contributed by atoms with Crippen molar-refractivity contribution in [1.29, 1.82) is 0 Å². The van der Waals surface area contributed by atoms with E-state index in [0.29, 0.717) is 24.3 Å². The predicted octanol–water partition coefficient (Wildman–Crippen LogP) is 1.34. The lowest BCUT2D eigenvalue weighted by atomic mass is 9.92. The van der Waals surface area contributed by atoms with Crippen molar-refractivity contribution in [3.8, 4) is 0 Å². The summed E-state index contributed by atoms with van der Waals surface area (Å²) in [5.74, 6) is 1.57. The molecule has 4 nitrogen and oxygen atoms in total. The van der Waals surface area contributed by atoms with E-state index in [1.807, 2.05) is 0 Å². The van der Waals surface area contributed by atoms with Crippen LogP contribution in [0.3, 0.4) is 0 Å². The van der Waals surface area contributed by atoms with Crippen LogP contribution in [0.15, 0.2) is 0 Å². The summed E-state index contributed by atoms with van der Waals surface area (Å²) in [4.78, 5) is 16.6. The molecule has 2 heterocycles. The lowest BCUT2D eigenvalue weighted by Gasteiger charge is -2.37. The van der Waals surface area contributed by atoms with Gasteiger partial charge in [-0.3, -0.25) is 9.69 Å². The molecule has 5 heteroatoms. The molecule has 0 aromatic heterocycles. The first kappa shape index (κ1) is 16.7. The summed E-state index contributed by atoms with van der Waals surface area (Å²) in [6.45, 7) is 8.82. The maximum atomic E-state index is 12.3. The highest BCUT2D eigenvalue weighted by atomic mass is 35.5. The smallest absolute Gasteiger partial charge is 0.236 e. The van der Waals surface area contributed by atoms with Gasteiger partial charge < -0.3 is 10.6 Å². The largest absolute Gasteiger partial charge is 0.341 e. The molecule has 2 aliphatic rings. The van der Waals surface area contributed by atoms with Gasteiger partial charge in [0.15, 0.2) is 0 Å². The quantitative estimate of drug-likeness (QED) is 0.834. The molecule has 2 unspecified atom stereocenters. The molecule has 2 aliphatic heterocycles. The van der Waals surface area contributed by atoms with E-state index >= 15 is 0 Å². The molecular weight excluding hydrogens is 262 g/mol. The van der Waals surface area contributed by atoms with Gasteiger partial charge in [-0.05, 0) is 37.6 Å². The van der Waals surface area contributed by atoms with E-state index in [1.165, 1.54) is 6.42 Å². The summed E-state index contributed by atoms with van der Waals surface area (Å²) in [5, 5.41) is 0. The van der Waals surface area contributed by atoms with Gasteiger partial charge in [0, 0.05) is 25.7 Å². The molecule has 19 heavy (non-hydrogen) atoms. The number of piperidine rings is 2. The molecule has 2 fully saturated rings. The number of likely N-dealkylation sites (tertiary alicyclic amines) is 2. The molecular formula is C14H28ClN3O. The normalized spacial score (nSPS) is 32.8. The van der Waals surface area contributed by atoms with Crippen molar-refractivity contribution in [3.63, 3.8) is 0 Å². The summed E-state index contributed by atoms with van der Waals surface area (Å²) >= 11 is 0. The highest BCUT2D eigenvalue weighted by Crippen LogP contribution is 2.21. The molecule has 2 rings (SSSR count). The maximum absolute atomic E-state index is 12.3. The third kappa shape index (κ3) is 4.93. The summed E-state index contributed by atoms with van der Waals surface area (Å²) < 4.78 is 0. The monoisotopic (exact) mass is 289 g/mol. The van der Waals surface area contributed by atoms with E-state index in [0.717, 1.165) is 39.0 Å². The Morgan fingerprint density at radius 2 is 1.84 bits per heavy atom. The van der Waals surface area contributed by atoms with Crippen LogP contribution < -0.4 is 5.73 Å². The minimum atomic E-state index is 0. The highest BCUT2D eigenvalue weighted by molar-refractivity contribution is 5.85. The molecule has 0 aliphatic carbocycles. The fraction of sp³-hybridized carbons (Fsp3) is 0.929. The summed E-state index contributed by atoms with van der Waals surface area (Å²) in [6.07, 6.45) is 3.47. The number of amides is 1. The third-order valence-corrected chi connectivity index (χ3v) is 4.12. The van der Waals surface area contributed by atoms with Crippen LogP contribution >= 0.6 is 12.4 Å². The Hall–Kier alpha value is -0.320. The van der Waals surface area contributed by atoms with E-state index in [1.54, 1.807) is 0 Å². The number of rotatable bonds is 2. The number of carbonyl (C=O) groups is 1. The van der Waals surface area contributed by atoms with Gasteiger partial charge >= 0.3 is 0 Å². The van der Waals surface area contributed by atoms with Crippen molar-refractivity contribution in [1.82, 2.24) is 9.80 Å². The molecule has 0 aromatic rings. The topological polar surface area (TPSA) is 49.6 Å². The lowest BCUT2D eigenvalue weighted by molar-refractivity contribution is -0.135. The molecule has 0 saturated carbocycles. The zero-order valence-electron chi connectivity index (χ0n) is 12.2. The van der Waals surface area contributed by atoms with E-state index < -0.39 is 0 Å². The summed E-state index contributed by atoms with van der Waals surface area (Å²) in [7, 11) is 0. The Labute approximate surface area is 123 Å². The number of halogens is 1. The van der Waals surface area contributed by atoms with Crippen molar-refractivity contribution in [2.24, 2.45) is 17.6 Å². The Kier molecular flexibility index (Phi) is 6.57. The van der Waals surface area contributed by atoms with Gasteiger partial charge in [0.1, 0.15) is 0 Å². The number of nitrogens with zero attached hydrogens (tertiary/aromatic N) is 2. The van der Waals surface area contributed by atoms with Crippen molar-refractivity contribution in [3.05, 3.63) is 0 Å². The van der Waals surface area contributed by atoms with Crippen molar-refractivity contribution in [2.75, 3.05) is 32.7 Å². The number of hydrogen-bond donors (Lipinski definition) is 1. The second-order valence-corrected chi connectivity index (χ2v) is 6.38. The summed E-state index contributed by atoms with van der Waals surface area (Å²) in [5.41, 5.74) is 5.96. The Morgan fingerprint density at radius 1 is 1.21 bits per heavy atom. The minimum Gasteiger partial charge on any atom is -0.341 e. The molecule has 0 radical (unpaired) electrons. The van der Waals surface area contributed by atoms with E-state index in [4.69, 9.17) is 5.73 Å². The van der Waals surface area contributed by atoms with E-state index in [-0.39, 0.29) is 18.4 Å². The Morgan fingerprint density at radius 3 is 2.42 bits per heavy atom. The standard InChI is InChI=1S/C14H27N3O.ClH/c1-11-6-12(2)8-17(7-11)14(18)10-16-5-3-4-13(15)9-16;/h11-13H,3-10,15H2,1-2H3;1H/t11?,12?,13-;/m1./s1. The van der Waals surface area contributed by atoms with Crippen molar-refractivity contribution >= 4 is 18.3 Å². The SMILES string of the molecule is CC1CC(C)CN(C(=O)CN2CCC[C@@H](N)C2)C1.Cl. The second kappa shape index (κ2) is 7.46. The molecule has 2 saturated heterocycles. The molecule has 0 aromatic carbocycles. The molecule has 112 valence electrons. The minimum absolute atomic E-state index is 0. The van der Waals surface area contributed by atoms with Crippen LogP contribution in [0.5, 0.6) is 0 Å². The highest BCUT2D eigenvalue weighted by Gasteiger charge is 2.27. The van der Waals surface area contributed by atoms with Gasteiger partial charge in [0.2, 0.25) is 5.91 Å². The average molecular weight is 290 g/mol. The second-order valence-electron chi connectivity index (χ2n) is 6.38. The van der Waals surface area contributed by atoms with Crippen LogP contribution in [0.1, 0.15) is 33.1 Å². The average Bonchev–Trinajstić information content (AvgIpc) is 2.27. The van der Waals surface area contributed by atoms with Gasteiger partial charge in [-0.25, -0.2) is 0 Å². The number of hydrogen-bond acceptors (Lipinski definition) is 3. The predicted molar refractivity (Wildman–Crippen MR) is 80.4 cm³/mol. The van der Waals surface area contributed by atoms with E-state index in [2.05, 4.69) is 23.6 Å². The van der Waals surface area contributed by atoms with Crippen molar-refractivity contribution < 1.29 is 4.79 Å². The first-order valence-corrected chi connectivity index (χ1v) is 7.30. The zero-order chi connectivity index (χ0) is 13.1. The molecule has 2 N–H and O–H groups in total. The van der Waals surface area contributed by atoms with Gasteiger partial charge in [-0.15, -0.1) is 12.4 Å². The molecule has 0 spiro atoms. The first-order chi connectivity index (χ1) is 8.54. The van der Waals surface area contributed by atoms with Crippen LogP contribution in [-0.4, -0.2) is 54.5 Å². The van der Waals surface area contributed by atoms with E-state index in [9.17, 15) is 4.79 Å². The summed E-state index contributed by atoms with van der Waals surface area (Å²) in [6, 6.07) is 0.255. The molecule has 1 amide bonds. The van der Waals surface area contributed by atoms with Crippen LogP contribution in [0.25, 0.3) is 0 Å².